The molecule has 0 amide bonds. The monoisotopic (exact) mass is 173 g/mol. The molecule has 0 radical (unpaired) electrons. The van der Waals surface area contributed by atoms with E-state index in [4.69, 9.17) is 5.11 Å². The number of rotatable bonds is 4. The fourth-order valence-corrected chi connectivity index (χ4v) is 0.784. The first kappa shape index (κ1) is 8.66. The zero-order valence-corrected chi connectivity index (χ0v) is 6.12. The Morgan fingerprint density at radius 1 is 1.92 bits per heavy atom. The predicted molar refractivity (Wildman–Crippen MR) is 38.0 cm³/mol. The van der Waals surface area contributed by atoms with Crippen molar-refractivity contribution in [1.29, 1.82) is 0 Å². The number of nitrogens with zero attached hydrogens (tertiary/aromatic N) is 1. The molecule has 3 N–H and O–H groups in total. The summed E-state index contributed by atoms with van der Waals surface area (Å²) in [6.07, 6.45) is 2.95. The Morgan fingerprint density at radius 2 is 2.67 bits per heavy atom. The van der Waals surface area contributed by atoms with Gasteiger partial charge in [-0.15, -0.1) is 10.0 Å². The number of nitrogens with one attached hydrogen (secondary N) is 2. The predicted octanol–water partition coefficient (Wildman–Crippen LogP) is -0.120. The summed E-state index contributed by atoms with van der Waals surface area (Å²) in [5.74, 6) is -1.24. The number of aliphatic carboxylic acids is 1. The van der Waals surface area contributed by atoms with Crippen molar-refractivity contribution in [2.45, 2.75) is 12.5 Å². The lowest BCUT2D eigenvalue weighted by molar-refractivity contribution is -0.140. The first-order chi connectivity index (χ1) is 5.74. The highest BCUT2D eigenvalue weighted by Gasteiger charge is 2.17. The molecule has 0 aliphatic rings. The molecule has 5 nitrogen and oxygen atoms in total. The molecule has 0 bridgehead atoms. The highest BCUT2D eigenvalue weighted by molar-refractivity contribution is 5.73. The first-order valence-electron chi connectivity index (χ1n) is 3.30. The van der Waals surface area contributed by atoms with E-state index < -0.39 is 12.0 Å². The second kappa shape index (κ2) is 3.82. The molecule has 1 aromatic rings. The molecule has 0 saturated heterocycles. The van der Waals surface area contributed by atoms with Gasteiger partial charge >= 0.3 is 5.97 Å². The third-order valence-corrected chi connectivity index (χ3v) is 1.40. The van der Waals surface area contributed by atoms with Gasteiger partial charge in [0.2, 0.25) is 0 Å². The van der Waals surface area contributed by atoms with Crippen molar-refractivity contribution in [2.75, 3.05) is 0 Å². The van der Waals surface area contributed by atoms with Crippen LogP contribution in [0.15, 0.2) is 12.5 Å². The van der Waals surface area contributed by atoms with Gasteiger partial charge in [-0.3, -0.25) is 4.79 Å². The van der Waals surface area contributed by atoms with E-state index >= 15 is 0 Å². The molecular weight excluding hydrogens is 165 g/mol. The van der Waals surface area contributed by atoms with Crippen LogP contribution in [0.2, 0.25) is 0 Å². The van der Waals surface area contributed by atoms with E-state index in [-0.39, 0.29) is 6.42 Å². The Balaban J connectivity index is 2.54. The van der Waals surface area contributed by atoms with E-state index in [2.05, 4.69) is 9.97 Å². The van der Waals surface area contributed by atoms with Crippen LogP contribution in [0.3, 0.4) is 0 Å². The topological polar surface area (TPSA) is 78.0 Å². The van der Waals surface area contributed by atoms with Crippen LogP contribution < -0.4 is 5.54 Å². The number of carboxylic acids is 1. The number of carboxylic acid groups (broad SMARTS) is 1. The van der Waals surface area contributed by atoms with Gasteiger partial charge in [0.05, 0.1) is 12.0 Å². The summed E-state index contributed by atoms with van der Waals surface area (Å²) in [4.78, 5) is 16.7. The zero-order chi connectivity index (χ0) is 8.97. The van der Waals surface area contributed by atoms with Crippen LogP contribution >= 0.6 is 0 Å². The lowest BCUT2D eigenvalue weighted by Gasteiger charge is -2.04. The maximum atomic E-state index is 11.8. The summed E-state index contributed by atoms with van der Waals surface area (Å²) in [7, 11) is 0. The molecule has 1 atom stereocenters. The molecule has 0 aliphatic carbocycles. The molecule has 0 spiro atoms. The van der Waals surface area contributed by atoms with Crippen LogP contribution in [0.5, 0.6) is 0 Å². The number of imidazole rings is 1. The molecule has 66 valence electrons. The van der Waals surface area contributed by atoms with Crippen LogP contribution in [0.4, 0.5) is 4.48 Å². The van der Waals surface area contributed by atoms with Crippen molar-refractivity contribution >= 4 is 5.97 Å². The molecule has 0 saturated carbocycles. The Kier molecular flexibility index (Phi) is 2.76. The Labute approximate surface area is 67.6 Å². The van der Waals surface area contributed by atoms with Crippen LogP contribution in [0.1, 0.15) is 5.69 Å². The van der Waals surface area contributed by atoms with Crippen LogP contribution in [0, 0.1) is 0 Å². The highest BCUT2D eigenvalue weighted by Crippen LogP contribution is 1.98. The van der Waals surface area contributed by atoms with Gasteiger partial charge in [0, 0.05) is 12.6 Å². The minimum Gasteiger partial charge on any atom is -0.480 e. The van der Waals surface area contributed by atoms with Crippen molar-refractivity contribution in [2.24, 2.45) is 0 Å². The van der Waals surface area contributed by atoms with Gasteiger partial charge in [-0.25, -0.2) is 4.98 Å². The quantitative estimate of drug-likeness (QED) is 0.554. The number of aromatic nitrogens is 2. The number of H-pyrrole nitrogens is 1. The van der Waals surface area contributed by atoms with Crippen molar-refractivity contribution in [3.8, 4) is 0 Å². The van der Waals surface area contributed by atoms with E-state index in [9.17, 15) is 9.28 Å². The molecule has 12 heavy (non-hydrogen) atoms. The summed E-state index contributed by atoms with van der Waals surface area (Å²) in [5, 5.41) is 8.43. The maximum absolute atomic E-state index is 11.8. The summed E-state index contributed by atoms with van der Waals surface area (Å²) >= 11 is 0. The van der Waals surface area contributed by atoms with Gasteiger partial charge in [0.15, 0.2) is 0 Å². The van der Waals surface area contributed by atoms with Gasteiger partial charge in [0.1, 0.15) is 6.04 Å². The minimum atomic E-state index is -1.24. The highest BCUT2D eigenvalue weighted by atomic mass is 19.2. The maximum Gasteiger partial charge on any atom is 0.323 e. The third kappa shape index (κ3) is 2.03. The lowest BCUT2D eigenvalue weighted by atomic mass is 10.2. The first-order valence-corrected chi connectivity index (χ1v) is 3.30. The lowest BCUT2D eigenvalue weighted by Crippen LogP contribution is -2.33. The normalized spacial score (nSPS) is 12.8. The molecule has 0 fully saturated rings. The van der Waals surface area contributed by atoms with Crippen LogP contribution in [-0.2, 0) is 11.2 Å². The SMILES string of the molecule is O=C(O)[C@H](Cc1c[nH]cn1)NF. The van der Waals surface area contributed by atoms with Crippen molar-refractivity contribution in [3.05, 3.63) is 18.2 Å². The molecule has 6 heteroatoms. The van der Waals surface area contributed by atoms with Gasteiger partial charge in [-0.1, -0.05) is 0 Å². The second-order valence-corrected chi connectivity index (χ2v) is 2.26. The van der Waals surface area contributed by atoms with Crippen molar-refractivity contribution < 1.29 is 14.4 Å². The molecule has 1 rings (SSSR count). The smallest absolute Gasteiger partial charge is 0.323 e. The number of halogens is 1. The average Bonchev–Trinajstić information content (AvgIpc) is 2.51. The fraction of sp³-hybridized carbons (Fsp3) is 0.333. The Hall–Kier alpha value is -1.43. The number of aromatic amines is 1. The molecular formula is C6H8FN3O2. The van der Waals surface area contributed by atoms with Crippen LogP contribution in [-0.4, -0.2) is 27.1 Å². The average molecular weight is 173 g/mol. The number of hydrogen-bond acceptors (Lipinski definition) is 3. The van der Waals surface area contributed by atoms with E-state index in [0.717, 1.165) is 0 Å². The summed E-state index contributed by atoms with van der Waals surface area (Å²) in [6.45, 7) is 0. The molecule has 0 aliphatic heterocycles. The second-order valence-electron chi connectivity index (χ2n) is 2.26. The van der Waals surface area contributed by atoms with E-state index in [1.54, 1.807) is 0 Å². The van der Waals surface area contributed by atoms with E-state index in [0.29, 0.717) is 5.69 Å². The van der Waals surface area contributed by atoms with Crippen molar-refractivity contribution in [3.63, 3.8) is 0 Å². The third-order valence-electron chi connectivity index (χ3n) is 1.40. The summed E-state index contributed by atoms with van der Waals surface area (Å²) in [5.41, 5.74) is 1.69. The van der Waals surface area contributed by atoms with E-state index in [1.165, 1.54) is 18.1 Å². The summed E-state index contributed by atoms with van der Waals surface area (Å²) in [6, 6.07) is -1.23. The van der Waals surface area contributed by atoms with Gasteiger partial charge in [-0.05, 0) is 0 Å². The molecule has 0 unspecified atom stereocenters. The minimum absolute atomic E-state index is 0.0231. The fourth-order valence-electron chi connectivity index (χ4n) is 0.784. The number of hydrogen-bond donors (Lipinski definition) is 3. The molecule has 0 aromatic carbocycles. The Morgan fingerprint density at radius 3 is 3.08 bits per heavy atom. The molecule has 1 heterocycles. The van der Waals surface area contributed by atoms with Crippen molar-refractivity contribution in [1.82, 2.24) is 15.5 Å². The zero-order valence-electron chi connectivity index (χ0n) is 6.12. The summed E-state index contributed by atoms with van der Waals surface area (Å²) < 4.78 is 11.8. The largest absolute Gasteiger partial charge is 0.480 e. The number of carbonyl (C=O) groups is 1. The standard InChI is InChI=1S/C6H8FN3O2/c7-10-5(6(11)12)1-4-2-8-3-9-4/h2-3,5,10H,1H2,(H,8,9)(H,11,12)/t5-/m0/s1. The van der Waals surface area contributed by atoms with Gasteiger partial charge < -0.3 is 10.1 Å². The molecule has 1 aromatic heterocycles. The Bertz CT molecular complexity index is 249. The van der Waals surface area contributed by atoms with Gasteiger partial charge in [0.25, 0.3) is 0 Å². The van der Waals surface area contributed by atoms with Gasteiger partial charge in [-0.2, -0.15) is 0 Å². The van der Waals surface area contributed by atoms with E-state index in [1.807, 2.05) is 0 Å². The van der Waals surface area contributed by atoms with Crippen LogP contribution in [0.25, 0.3) is 0 Å².